The van der Waals surface area contributed by atoms with Gasteiger partial charge in [0.2, 0.25) is 5.91 Å². The van der Waals surface area contributed by atoms with Gasteiger partial charge in [0.1, 0.15) is 0 Å². The number of carbonyl (C=O) groups is 3. The number of rotatable bonds is 6. The van der Waals surface area contributed by atoms with E-state index in [2.05, 4.69) is 10.6 Å². The maximum Gasteiger partial charge on any atom is 0.317 e. The van der Waals surface area contributed by atoms with Crippen molar-refractivity contribution in [3.8, 4) is 0 Å². The summed E-state index contributed by atoms with van der Waals surface area (Å²) in [5.41, 5.74) is 0. The van der Waals surface area contributed by atoms with E-state index in [-0.39, 0.29) is 37.4 Å². The van der Waals surface area contributed by atoms with Gasteiger partial charge in [-0.3, -0.25) is 9.59 Å². The molecule has 0 bridgehead atoms. The molecule has 1 rings (SSSR count). The fraction of sp³-hybridized carbons (Fsp3) is 0.769. The van der Waals surface area contributed by atoms with Crippen LogP contribution in [0.15, 0.2) is 0 Å². The SMILES string of the molecule is CCCNC(=O)CCNC(=O)N1CC(C)C(C(=O)O)C1. The van der Waals surface area contributed by atoms with Crippen molar-refractivity contribution < 1.29 is 19.5 Å². The lowest BCUT2D eigenvalue weighted by Crippen LogP contribution is -2.40. The molecule has 7 nitrogen and oxygen atoms in total. The van der Waals surface area contributed by atoms with Gasteiger partial charge >= 0.3 is 12.0 Å². The van der Waals surface area contributed by atoms with E-state index in [9.17, 15) is 14.4 Å². The van der Waals surface area contributed by atoms with Crippen molar-refractivity contribution in [3.05, 3.63) is 0 Å². The van der Waals surface area contributed by atoms with E-state index in [1.165, 1.54) is 4.90 Å². The van der Waals surface area contributed by atoms with Gasteiger partial charge in [0.15, 0.2) is 0 Å². The number of aliphatic carboxylic acids is 1. The molecule has 1 aliphatic heterocycles. The number of urea groups is 1. The van der Waals surface area contributed by atoms with Crippen LogP contribution < -0.4 is 10.6 Å². The minimum absolute atomic E-state index is 0.0499. The zero-order valence-corrected chi connectivity index (χ0v) is 12.0. The quantitative estimate of drug-likeness (QED) is 0.652. The predicted molar refractivity (Wildman–Crippen MR) is 73.2 cm³/mol. The van der Waals surface area contributed by atoms with Crippen molar-refractivity contribution in [3.63, 3.8) is 0 Å². The molecule has 0 aliphatic carbocycles. The Bertz CT molecular complexity index is 373. The lowest BCUT2D eigenvalue weighted by molar-refractivity contribution is -0.142. The molecule has 114 valence electrons. The molecule has 3 amide bonds. The minimum atomic E-state index is -0.869. The van der Waals surface area contributed by atoms with Crippen LogP contribution in [0, 0.1) is 11.8 Å². The zero-order valence-electron chi connectivity index (χ0n) is 12.0. The average Bonchev–Trinajstić information content (AvgIpc) is 2.78. The predicted octanol–water partition coefficient (Wildman–Crippen LogP) is 0.265. The molecule has 1 fully saturated rings. The number of nitrogens with one attached hydrogen (secondary N) is 2. The number of nitrogens with zero attached hydrogens (tertiary/aromatic N) is 1. The Morgan fingerprint density at radius 3 is 2.45 bits per heavy atom. The van der Waals surface area contributed by atoms with Crippen molar-refractivity contribution in [2.45, 2.75) is 26.7 Å². The van der Waals surface area contributed by atoms with Crippen LogP contribution in [0.25, 0.3) is 0 Å². The molecule has 1 aliphatic rings. The van der Waals surface area contributed by atoms with Crippen molar-refractivity contribution in [2.75, 3.05) is 26.2 Å². The van der Waals surface area contributed by atoms with Gasteiger partial charge in [-0.15, -0.1) is 0 Å². The van der Waals surface area contributed by atoms with Crippen LogP contribution in [0.3, 0.4) is 0 Å². The van der Waals surface area contributed by atoms with Crippen molar-refractivity contribution in [1.29, 1.82) is 0 Å². The van der Waals surface area contributed by atoms with Crippen LogP contribution in [0.2, 0.25) is 0 Å². The third kappa shape index (κ3) is 4.71. The molecule has 20 heavy (non-hydrogen) atoms. The van der Waals surface area contributed by atoms with Crippen molar-refractivity contribution >= 4 is 17.9 Å². The number of carbonyl (C=O) groups excluding carboxylic acids is 2. The first-order valence-electron chi connectivity index (χ1n) is 6.98. The second-order valence-corrected chi connectivity index (χ2v) is 5.16. The molecule has 0 aromatic rings. The summed E-state index contributed by atoms with van der Waals surface area (Å²) in [6.45, 7) is 5.35. The Labute approximate surface area is 118 Å². The third-order valence-corrected chi connectivity index (χ3v) is 3.42. The first kappa shape index (κ1) is 16.3. The molecule has 0 radical (unpaired) electrons. The highest BCUT2D eigenvalue weighted by molar-refractivity contribution is 5.79. The molecule has 1 saturated heterocycles. The summed E-state index contributed by atoms with van der Waals surface area (Å²) >= 11 is 0. The molecule has 0 saturated carbocycles. The fourth-order valence-electron chi connectivity index (χ4n) is 2.20. The number of carboxylic acid groups (broad SMARTS) is 1. The number of likely N-dealkylation sites (tertiary alicyclic amines) is 1. The van der Waals surface area contributed by atoms with E-state index in [0.717, 1.165) is 6.42 Å². The summed E-state index contributed by atoms with van der Waals surface area (Å²) in [7, 11) is 0. The summed E-state index contributed by atoms with van der Waals surface area (Å²) in [4.78, 5) is 35.7. The smallest absolute Gasteiger partial charge is 0.317 e. The Hall–Kier alpha value is -1.79. The van der Waals surface area contributed by atoms with Gasteiger partial charge in [0, 0.05) is 32.6 Å². The molecule has 2 unspecified atom stereocenters. The van der Waals surface area contributed by atoms with E-state index >= 15 is 0 Å². The van der Waals surface area contributed by atoms with Gasteiger partial charge in [-0.25, -0.2) is 4.79 Å². The van der Waals surface area contributed by atoms with Crippen LogP contribution in [-0.2, 0) is 9.59 Å². The molecule has 0 aromatic carbocycles. The van der Waals surface area contributed by atoms with Gasteiger partial charge in [-0.05, 0) is 12.3 Å². The van der Waals surface area contributed by atoms with Crippen molar-refractivity contribution in [2.24, 2.45) is 11.8 Å². The first-order chi connectivity index (χ1) is 9.45. The van der Waals surface area contributed by atoms with Gasteiger partial charge in [-0.2, -0.15) is 0 Å². The maximum absolute atomic E-state index is 11.8. The highest BCUT2D eigenvalue weighted by atomic mass is 16.4. The lowest BCUT2D eigenvalue weighted by atomic mass is 9.99. The minimum Gasteiger partial charge on any atom is -0.481 e. The monoisotopic (exact) mass is 285 g/mol. The molecule has 0 aromatic heterocycles. The topological polar surface area (TPSA) is 98.7 Å². The summed E-state index contributed by atoms with van der Waals surface area (Å²) in [6, 6.07) is -0.302. The van der Waals surface area contributed by atoms with Crippen LogP contribution in [0.5, 0.6) is 0 Å². The van der Waals surface area contributed by atoms with E-state index in [4.69, 9.17) is 5.11 Å². The highest BCUT2D eigenvalue weighted by Crippen LogP contribution is 2.22. The summed E-state index contributed by atoms with van der Waals surface area (Å²) in [5.74, 6) is -1.52. The summed E-state index contributed by atoms with van der Waals surface area (Å²) in [6.07, 6.45) is 1.11. The molecular formula is C13H23N3O4. The van der Waals surface area contributed by atoms with Crippen LogP contribution in [-0.4, -0.2) is 54.1 Å². The van der Waals surface area contributed by atoms with Crippen molar-refractivity contribution in [1.82, 2.24) is 15.5 Å². The van der Waals surface area contributed by atoms with E-state index in [1.807, 2.05) is 13.8 Å². The molecule has 2 atom stereocenters. The Kier molecular flexibility index (Phi) is 6.27. The normalized spacial score (nSPS) is 21.6. The average molecular weight is 285 g/mol. The zero-order chi connectivity index (χ0) is 15.1. The maximum atomic E-state index is 11.8. The van der Waals surface area contributed by atoms with Gasteiger partial charge < -0.3 is 20.6 Å². The molecule has 0 spiro atoms. The van der Waals surface area contributed by atoms with Crippen LogP contribution in [0.4, 0.5) is 4.79 Å². The Balaban J connectivity index is 2.27. The number of amides is 3. The lowest BCUT2D eigenvalue weighted by Gasteiger charge is -2.16. The summed E-state index contributed by atoms with van der Waals surface area (Å²) < 4.78 is 0. The number of carboxylic acids is 1. The molecule has 3 N–H and O–H groups in total. The third-order valence-electron chi connectivity index (χ3n) is 3.42. The van der Waals surface area contributed by atoms with Gasteiger partial charge in [-0.1, -0.05) is 13.8 Å². The van der Waals surface area contributed by atoms with Gasteiger partial charge in [0.25, 0.3) is 0 Å². The second-order valence-electron chi connectivity index (χ2n) is 5.16. The standard InChI is InChI=1S/C13H23N3O4/c1-3-5-14-11(17)4-6-15-13(20)16-7-9(2)10(8-16)12(18)19/h9-10H,3-8H2,1-2H3,(H,14,17)(H,15,20)(H,18,19). The molecular weight excluding hydrogens is 262 g/mol. The Morgan fingerprint density at radius 2 is 1.90 bits per heavy atom. The van der Waals surface area contributed by atoms with Gasteiger partial charge in [0.05, 0.1) is 5.92 Å². The van der Waals surface area contributed by atoms with Crippen LogP contribution >= 0.6 is 0 Å². The second kappa shape index (κ2) is 7.72. The number of hydrogen-bond donors (Lipinski definition) is 3. The van der Waals surface area contributed by atoms with E-state index in [1.54, 1.807) is 0 Å². The van der Waals surface area contributed by atoms with E-state index < -0.39 is 11.9 Å². The fourth-order valence-corrected chi connectivity index (χ4v) is 2.20. The molecule has 7 heteroatoms. The number of hydrogen-bond acceptors (Lipinski definition) is 3. The highest BCUT2D eigenvalue weighted by Gasteiger charge is 2.36. The largest absolute Gasteiger partial charge is 0.481 e. The summed E-state index contributed by atoms with van der Waals surface area (Å²) in [5, 5.41) is 14.4. The molecule has 1 heterocycles. The van der Waals surface area contributed by atoms with Crippen LogP contribution in [0.1, 0.15) is 26.7 Å². The Morgan fingerprint density at radius 1 is 1.20 bits per heavy atom. The van der Waals surface area contributed by atoms with E-state index in [0.29, 0.717) is 13.1 Å². The first-order valence-corrected chi connectivity index (χ1v) is 6.98.